The molecular formula is C33H30N12O9. The van der Waals surface area contributed by atoms with E-state index < -0.39 is 85.5 Å². The molecule has 21 heteroatoms. The largest absolute Gasteiger partial charge is 0.455 e. The van der Waals surface area contributed by atoms with Crippen LogP contribution in [0, 0.1) is 0 Å². The molecule has 0 bridgehead atoms. The summed E-state index contributed by atoms with van der Waals surface area (Å²) >= 11 is 0. The number of rotatable bonds is 13. The number of hydrogen-bond acceptors (Lipinski definition) is 13. The van der Waals surface area contributed by atoms with E-state index in [-0.39, 0.29) is 23.1 Å². The molecule has 0 amide bonds. The molecule has 3 aromatic rings. The Balaban J connectivity index is 1.54. The third kappa shape index (κ3) is 9.15. The Morgan fingerprint density at radius 3 is 1.54 bits per heavy atom. The first-order chi connectivity index (χ1) is 26.3. The van der Waals surface area contributed by atoms with Crippen LogP contribution in [0.25, 0.3) is 41.8 Å². The summed E-state index contributed by atoms with van der Waals surface area (Å²) in [5.74, 6) is -2.71. The number of aliphatic hydroxyl groups excluding tert-OH is 1. The van der Waals surface area contributed by atoms with E-state index in [1.54, 1.807) is 54.6 Å². The third-order valence-electron chi connectivity index (χ3n) is 8.49. The highest BCUT2D eigenvalue weighted by molar-refractivity contribution is 5.90. The first kappa shape index (κ1) is 38.4. The maximum Gasteiger partial charge on any atom is 0.338 e. The minimum atomic E-state index is -1.87. The van der Waals surface area contributed by atoms with Gasteiger partial charge in [0.15, 0.2) is 18.5 Å². The molecule has 1 N–H and O–H groups in total. The van der Waals surface area contributed by atoms with E-state index in [1.807, 2.05) is 0 Å². The van der Waals surface area contributed by atoms with Gasteiger partial charge in [-0.05, 0) is 64.9 Å². The lowest BCUT2D eigenvalue weighted by Gasteiger charge is -2.47. The summed E-state index contributed by atoms with van der Waals surface area (Å²) in [6, 6.07) is 18.9. The number of ether oxygens (including phenoxy) is 5. The summed E-state index contributed by atoms with van der Waals surface area (Å²) < 4.78 is 29.5. The van der Waals surface area contributed by atoms with Crippen LogP contribution in [-0.4, -0.2) is 90.6 Å². The van der Waals surface area contributed by atoms with Crippen molar-refractivity contribution in [2.45, 2.75) is 67.5 Å². The van der Waals surface area contributed by atoms with Gasteiger partial charge in [0.25, 0.3) is 0 Å². The van der Waals surface area contributed by atoms with Gasteiger partial charge in [0.1, 0.15) is 24.4 Å². The van der Waals surface area contributed by atoms with E-state index in [9.17, 15) is 41.6 Å². The smallest absolute Gasteiger partial charge is 0.338 e. The van der Waals surface area contributed by atoms with Crippen molar-refractivity contribution < 1.29 is 43.2 Å². The Morgan fingerprint density at radius 2 is 1.07 bits per heavy atom. The number of esters is 3. The summed E-state index contributed by atoms with van der Waals surface area (Å²) in [7, 11) is 0. The zero-order chi connectivity index (χ0) is 38.5. The molecule has 1 saturated carbocycles. The number of benzene rings is 3. The molecule has 54 heavy (non-hydrogen) atoms. The molecule has 1 heterocycles. The second-order valence-electron chi connectivity index (χ2n) is 11.7. The van der Waals surface area contributed by atoms with Crippen molar-refractivity contribution in [2.75, 3.05) is 6.54 Å². The van der Waals surface area contributed by atoms with E-state index >= 15 is 0 Å². The SMILES string of the molecule is [N-]=[N+]=NC[C@H]1O[C@H](O[C@H]2[C@H](O)[C@@H](OC(=O)c3ccccc3)[C@H](N=[N+]=[N-])C[C@@H]2N=[N+]=[N-])[C@H](N=[N+]=[N-])[C@@H](OC(=O)c2ccccc2)[C@@H]1OC(=O)c1ccccc1. The van der Waals surface area contributed by atoms with Crippen molar-refractivity contribution in [2.24, 2.45) is 20.5 Å². The summed E-state index contributed by atoms with van der Waals surface area (Å²) in [6.07, 6.45) is -11.8. The first-order valence-corrected chi connectivity index (χ1v) is 16.2. The number of carbonyl (C=O) groups excluding carboxylic acids is 3. The van der Waals surface area contributed by atoms with Crippen molar-refractivity contribution in [1.29, 1.82) is 0 Å². The quantitative estimate of drug-likeness (QED) is 0.0717. The number of aliphatic hydroxyl groups is 1. The normalized spacial score (nSPS) is 27.2. The molecule has 10 atom stereocenters. The van der Waals surface area contributed by atoms with Crippen LogP contribution in [0.1, 0.15) is 37.5 Å². The second-order valence-corrected chi connectivity index (χ2v) is 11.7. The maximum absolute atomic E-state index is 13.5. The predicted molar refractivity (Wildman–Crippen MR) is 184 cm³/mol. The molecule has 21 nitrogen and oxygen atoms in total. The van der Waals surface area contributed by atoms with Crippen molar-refractivity contribution >= 4 is 17.9 Å². The number of hydrogen-bond donors (Lipinski definition) is 1. The Morgan fingerprint density at radius 1 is 0.630 bits per heavy atom. The number of azide groups is 4. The molecule has 2 fully saturated rings. The van der Waals surface area contributed by atoms with Gasteiger partial charge in [-0.25, -0.2) is 14.4 Å². The van der Waals surface area contributed by atoms with Gasteiger partial charge < -0.3 is 28.8 Å². The fraction of sp³-hybridized carbons (Fsp3) is 0.364. The van der Waals surface area contributed by atoms with Crippen molar-refractivity contribution in [3.8, 4) is 0 Å². The fourth-order valence-corrected chi connectivity index (χ4v) is 6.02. The van der Waals surface area contributed by atoms with Crippen molar-refractivity contribution in [1.82, 2.24) is 0 Å². The van der Waals surface area contributed by atoms with Gasteiger partial charge in [-0.15, -0.1) is 0 Å². The molecule has 1 saturated heterocycles. The van der Waals surface area contributed by atoms with Crippen LogP contribution in [-0.2, 0) is 23.7 Å². The van der Waals surface area contributed by atoms with E-state index in [1.165, 1.54) is 36.4 Å². The first-order valence-electron chi connectivity index (χ1n) is 16.2. The van der Waals surface area contributed by atoms with Crippen LogP contribution in [0.4, 0.5) is 0 Å². The highest BCUT2D eigenvalue weighted by Gasteiger charge is 2.54. The lowest BCUT2D eigenvalue weighted by atomic mass is 9.84. The minimum Gasteiger partial charge on any atom is -0.455 e. The van der Waals surface area contributed by atoms with Crippen LogP contribution in [0.2, 0.25) is 0 Å². The Hall–Kier alpha value is -6.81. The third-order valence-corrected chi connectivity index (χ3v) is 8.49. The molecule has 276 valence electrons. The minimum absolute atomic E-state index is 0.0687. The summed E-state index contributed by atoms with van der Waals surface area (Å²) in [5.41, 5.74) is 37.9. The van der Waals surface area contributed by atoms with Gasteiger partial charge in [0, 0.05) is 19.6 Å². The van der Waals surface area contributed by atoms with Gasteiger partial charge in [-0.1, -0.05) is 75.1 Å². The lowest BCUT2D eigenvalue weighted by Crippen LogP contribution is -2.64. The van der Waals surface area contributed by atoms with E-state index in [4.69, 9.17) is 23.7 Å². The Bertz CT molecular complexity index is 1990. The molecule has 0 radical (unpaired) electrons. The van der Waals surface area contributed by atoms with E-state index in [0.717, 1.165) is 0 Å². The highest BCUT2D eigenvalue weighted by Crippen LogP contribution is 2.36. The molecule has 1 aliphatic carbocycles. The second kappa shape index (κ2) is 18.6. The average molecular weight is 739 g/mol. The van der Waals surface area contributed by atoms with Gasteiger partial charge in [-0.2, -0.15) is 0 Å². The zero-order valence-electron chi connectivity index (χ0n) is 27.9. The van der Waals surface area contributed by atoms with Crippen LogP contribution in [0.5, 0.6) is 0 Å². The fourth-order valence-electron chi connectivity index (χ4n) is 6.02. The Labute approximate surface area is 304 Å². The predicted octanol–water partition coefficient (Wildman–Crippen LogP) is 5.88. The standard InChI is InChI=1S/C33H30N12O9/c34-42-38-17-23-28(52-31(48)19-12-6-2-7-13-19)29(53-32(49)20-14-8-3-9-15-20)24(41-45-37)33(50-23)54-27-22(40-44-36)16-21(39-43-35)26(25(27)46)51-30(47)18-10-4-1-5-11-18/h1-15,21-29,33,46H,16-17H2/t21-,22+,23-,24-,25-,26+,27-,28-,29-,33-/m1/s1. The van der Waals surface area contributed by atoms with Gasteiger partial charge >= 0.3 is 17.9 Å². The molecule has 3 aromatic carbocycles. The molecule has 1 aliphatic heterocycles. The van der Waals surface area contributed by atoms with Crippen LogP contribution < -0.4 is 0 Å². The maximum atomic E-state index is 13.5. The van der Waals surface area contributed by atoms with Crippen LogP contribution >= 0.6 is 0 Å². The van der Waals surface area contributed by atoms with Gasteiger partial charge in [0.2, 0.25) is 0 Å². The summed E-state index contributed by atoms with van der Waals surface area (Å²) in [5, 5.41) is 26.4. The topological polar surface area (TPSA) is 313 Å². The lowest BCUT2D eigenvalue weighted by molar-refractivity contribution is -0.286. The van der Waals surface area contributed by atoms with E-state index in [0.29, 0.717) is 0 Å². The molecule has 0 spiro atoms. The molecule has 0 unspecified atom stereocenters. The van der Waals surface area contributed by atoms with E-state index in [2.05, 4.69) is 40.1 Å². The molecule has 5 rings (SSSR count). The summed E-state index contributed by atoms with van der Waals surface area (Å²) in [4.78, 5) is 51.2. The van der Waals surface area contributed by atoms with Crippen molar-refractivity contribution in [3.05, 3.63) is 149 Å². The summed E-state index contributed by atoms with van der Waals surface area (Å²) in [6.45, 7) is -0.533. The number of nitrogens with zero attached hydrogens (tertiary/aromatic N) is 12. The monoisotopic (exact) mass is 738 g/mol. The molecule has 2 aliphatic rings. The molecular weight excluding hydrogens is 708 g/mol. The average Bonchev–Trinajstić information content (AvgIpc) is 3.20. The van der Waals surface area contributed by atoms with Gasteiger partial charge in [0.05, 0.1) is 41.4 Å². The van der Waals surface area contributed by atoms with Crippen LogP contribution in [0.3, 0.4) is 0 Å². The van der Waals surface area contributed by atoms with Gasteiger partial charge in [-0.3, -0.25) is 0 Å². The Kier molecular flexibility index (Phi) is 13.2. The number of carbonyl (C=O) groups is 3. The van der Waals surface area contributed by atoms with Crippen LogP contribution in [0.15, 0.2) is 111 Å². The highest BCUT2D eigenvalue weighted by atomic mass is 16.7. The van der Waals surface area contributed by atoms with Crippen molar-refractivity contribution in [3.63, 3.8) is 0 Å². The molecule has 0 aromatic heterocycles. The zero-order valence-corrected chi connectivity index (χ0v) is 27.9.